The van der Waals surface area contributed by atoms with E-state index in [1.807, 2.05) is 6.92 Å². The van der Waals surface area contributed by atoms with Crippen LogP contribution in [-0.4, -0.2) is 16.5 Å². The predicted molar refractivity (Wildman–Crippen MR) is 49.3 cm³/mol. The van der Waals surface area contributed by atoms with Crippen molar-refractivity contribution in [3.63, 3.8) is 0 Å². The Kier molecular flexibility index (Phi) is 3.73. The minimum atomic E-state index is -0.769. The van der Waals surface area contributed by atoms with Gasteiger partial charge in [-0.25, -0.2) is 0 Å². The van der Waals surface area contributed by atoms with E-state index in [-0.39, 0.29) is 6.61 Å². The Morgan fingerprint density at radius 1 is 1.46 bits per heavy atom. The molecule has 0 amide bonds. The van der Waals surface area contributed by atoms with Crippen LogP contribution in [0.15, 0.2) is 24.3 Å². The quantitative estimate of drug-likeness (QED) is 0.690. The van der Waals surface area contributed by atoms with Gasteiger partial charge in [-0.05, 0) is 17.7 Å². The van der Waals surface area contributed by atoms with Crippen LogP contribution in [0.4, 0.5) is 0 Å². The van der Waals surface area contributed by atoms with Gasteiger partial charge in [0.15, 0.2) is 6.29 Å². The Hall–Kier alpha value is -1.06. The molecule has 0 aliphatic carbocycles. The molecule has 1 aromatic carbocycles. The molecule has 0 saturated heterocycles. The van der Waals surface area contributed by atoms with E-state index >= 15 is 0 Å². The van der Waals surface area contributed by atoms with Gasteiger partial charge < -0.3 is 14.9 Å². The van der Waals surface area contributed by atoms with Crippen LogP contribution in [0.2, 0.25) is 0 Å². The van der Waals surface area contributed by atoms with Gasteiger partial charge in [0.25, 0.3) is 0 Å². The number of hydrogen-bond acceptors (Lipinski definition) is 3. The van der Waals surface area contributed by atoms with Crippen LogP contribution in [0.5, 0.6) is 5.75 Å². The molecule has 1 unspecified atom stereocenters. The van der Waals surface area contributed by atoms with Gasteiger partial charge in [-0.3, -0.25) is 0 Å². The van der Waals surface area contributed by atoms with Crippen molar-refractivity contribution in [2.75, 3.05) is 0 Å². The molecule has 0 saturated carbocycles. The standard InChI is InChI=1S/C10H14O3/c1-2-10(12)13-9-5-3-4-8(6-9)7-11/h3-6,10-12H,2,7H2,1H3. The summed E-state index contributed by atoms with van der Waals surface area (Å²) < 4.78 is 5.15. The van der Waals surface area contributed by atoms with Crippen molar-refractivity contribution >= 4 is 0 Å². The predicted octanol–water partition coefficient (Wildman–Crippen LogP) is 1.29. The zero-order valence-electron chi connectivity index (χ0n) is 7.60. The maximum Gasteiger partial charge on any atom is 0.197 e. The van der Waals surface area contributed by atoms with Crippen molar-refractivity contribution < 1.29 is 14.9 Å². The third-order valence-electron chi connectivity index (χ3n) is 1.70. The smallest absolute Gasteiger partial charge is 0.197 e. The van der Waals surface area contributed by atoms with E-state index in [1.54, 1.807) is 24.3 Å². The average molecular weight is 182 g/mol. The van der Waals surface area contributed by atoms with Gasteiger partial charge in [-0.15, -0.1) is 0 Å². The Morgan fingerprint density at radius 3 is 2.85 bits per heavy atom. The number of benzene rings is 1. The van der Waals surface area contributed by atoms with Crippen LogP contribution in [-0.2, 0) is 6.61 Å². The third kappa shape index (κ3) is 3.05. The highest BCUT2D eigenvalue weighted by Gasteiger charge is 2.02. The first-order valence-electron chi connectivity index (χ1n) is 4.30. The number of hydrogen-bond donors (Lipinski definition) is 2. The summed E-state index contributed by atoms with van der Waals surface area (Å²) in [5.74, 6) is 0.584. The average Bonchev–Trinajstić information content (AvgIpc) is 2.18. The molecular formula is C10H14O3. The summed E-state index contributed by atoms with van der Waals surface area (Å²) in [5, 5.41) is 18.0. The van der Waals surface area contributed by atoms with Gasteiger partial charge in [0.2, 0.25) is 0 Å². The number of aliphatic hydroxyl groups excluding tert-OH is 2. The van der Waals surface area contributed by atoms with E-state index in [0.29, 0.717) is 12.2 Å². The molecular weight excluding hydrogens is 168 g/mol. The normalized spacial score (nSPS) is 12.5. The van der Waals surface area contributed by atoms with E-state index in [9.17, 15) is 5.11 Å². The third-order valence-corrected chi connectivity index (χ3v) is 1.70. The Balaban J connectivity index is 2.66. The molecule has 0 spiro atoms. The van der Waals surface area contributed by atoms with Crippen molar-refractivity contribution in [2.24, 2.45) is 0 Å². The molecule has 0 aliphatic heterocycles. The maximum atomic E-state index is 9.19. The van der Waals surface area contributed by atoms with Crippen LogP contribution in [0.25, 0.3) is 0 Å². The lowest BCUT2D eigenvalue weighted by Crippen LogP contribution is -2.13. The summed E-state index contributed by atoms with van der Waals surface area (Å²) in [6.07, 6.45) is -0.225. The van der Waals surface area contributed by atoms with Crippen LogP contribution in [0.1, 0.15) is 18.9 Å². The molecule has 0 fully saturated rings. The molecule has 0 aromatic heterocycles. The van der Waals surface area contributed by atoms with Gasteiger partial charge in [-0.1, -0.05) is 19.1 Å². The SMILES string of the molecule is CCC(O)Oc1cccc(CO)c1. The topological polar surface area (TPSA) is 49.7 Å². The lowest BCUT2D eigenvalue weighted by atomic mass is 10.2. The first kappa shape index (κ1) is 10.0. The lowest BCUT2D eigenvalue weighted by molar-refractivity contribution is -0.0192. The van der Waals surface area contributed by atoms with E-state index in [2.05, 4.69) is 0 Å². The van der Waals surface area contributed by atoms with Crippen LogP contribution in [0, 0.1) is 0 Å². The summed E-state index contributed by atoms with van der Waals surface area (Å²) >= 11 is 0. The molecule has 0 radical (unpaired) electrons. The summed E-state index contributed by atoms with van der Waals surface area (Å²) in [5.41, 5.74) is 0.779. The molecule has 1 rings (SSSR count). The van der Waals surface area contributed by atoms with Crippen molar-refractivity contribution in [2.45, 2.75) is 26.2 Å². The van der Waals surface area contributed by atoms with Gasteiger partial charge in [-0.2, -0.15) is 0 Å². The first-order chi connectivity index (χ1) is 6.26. The highest BCUT2D eigenvalue weighted by molar-refractivity contribution is 5.27. The minimum absolute atomic E-state index is 0.0145. The second-order valence-corrected chi connectivity index (χ2v) is 2.79. The number of ether oxygens (including phenoxy) is 1. The summed E-state index contributed by atoms with van der Waals surface area (Å²) in [4.78, 5) is 0. The Morgan fingerprint density at radius 2 is 2.23 bits per heavy atom. The second kappa shape index (κ2) is 4.84. The molecule has 1 atom stereocenters. The monoisotopic (exact) mass is 182 g/mol. The van der Waals surface area contributed by atoms with Crippen molar-refractivity contribution in [3.8, 4) is 5.75 Å². The Labute approximate surface area is 77.6 Å². The number of rotatable bonds is 4. The highest BCUT2D eigenvalue weighted by Crippen LogP contribution is 2.14. The van der Waals surface area contributed by atoms with Gasteiger partial charge in [0.1, 0.15) is 5.75 Å². The van der Waals surface area contributed by atoms with Crippen LogP contribution >= 0.6 is 0 Å². The van der Waals surface area contributed by atoms with E-state index < -0.39 is 6.29 Å². The largest absolute Gasteiger partial charge is 0.465 e. The van der Waals surface area contributed by atoms with E-state index in [0.717, 1.165) is 5.56 Å². The maximum absolute atomic E-state index is 9.19. The van der Waals surface area contributed by atoms with Gasteiger partial charge in [0.05, 0.1) is 6.61 Å². The number of aliphatic hydroxyl groups is 2. The fourth-order valence-corrected chi connectivity index (χ4v) is 0.958. The van der Waals surface area contributed by atoms with Crippen LogP contribution < -0.4 is 4.74 Å². The summed E-state index contributed by atoms with van der Waals surface area (Å²) in [7, 11) is 0. The highest BCUT2D eigenvalue weighted by atomic mass is 16.6. The van der Waals surface area contributed by atoms with Crippen molar-refractivity contribution in [1.29, 1.82) is 0 Å². The summed E-state index contributed by atoms with van der Waals surface area (Å²) in [6, 6.07) is 7.03. The zero-order valence-corrected chi connectivity index (χ0v) is 7.60. The molecule has 72 valence electrons. The Bertz CT molecular complexity index is 260. The zero-order chi connectivity index (χ0) is 9.68. The first-order valence-corrected chi connectivity index (χ1v) is 4.30. The molecule has 0 aliphatic rings. The molecule has 2 N–H and O–H groups in total. The molecule has 3 heteroatoms. The van der Waals surface area contributed by atoms with Gasteiger partial charge >= 0.3 is 0 Å². The van der Waals surface area contributed by atoms with E-state index in [1.165, 1.54) is 0 Å². The minimum Gasteiger partial charge on any atom is -0.465 e. The molecule has 1 aromatic rings. The van der Waals surface area contributed by atoms with Gasteiger partial charge in [0, 0.05) is 6.42 Å². The fourth-order valence-electron chi connectivity index (χ4n) is 0.958. The fraction of sp³-hybridized carbons (Fsp3) is 0.400. The van der Waals surface area contributed by atoms with Crippen LogP contribution in [0.3, 0.4) is 0 Å². The second-order valence-electron chi connectivity index (χ2n) is 2.79. The van der Waals surface area contributed by atoms with Crippen molar-refractivity contribution in [3.05, 3.63) is 29.8 Å². The van der Waals surface area contributed by atoms with E-state index in [4.69, 9.17) is 9.84 Å². The molecule has 3 nitrogen and oxygen atoms in total. The van der Waals surface area contributed by atoms with Crippen molar-refractivity contribution in [1.82, 2.24) is 0 Å². The summed E-state index contributed by atoms with van der Waals surface area (Å²) in [6.45, 7) is 1.82. The lowest BCUT2D eigenvalue weighted by Gasteiger charge is -2.11. The molecule has 13 heavy (non-hydrogen) atoms. The molecule has 0 heterocycles. The molecule has 0 bridgehead atoms.